The fraction of sp³-hybridized carbons (Fsp3) is 0.786. The van der Waals surface area contributed by atoms with Crippen LogP contribution >= 0.6 is 0 Å². The van der Waals surface area contributed by atoms with Crippen molar-refractivity contribution in [1.29, 1.82) is 0 Å². The van der Waals surface area contributed by atoms with Crippen LogP contribution in [0.5, 0.6) is 0 Å². The fourth-order valence-corrected chi connectivity index (χ4v) is 2.86. The molecule has 1 spiro atoms. The van der Waals surface area contributed by atoms with E-state index in [1.807, 2.05) is 0 Å². The van der Waals surface area contributed by atoms with Crippen molar-refractivity contribution in [2.75, 3.05) is 19.8 Å². The molecule has 0 aromatic rings. The third-order valence-corrected chi connectivity index (χ3v) is 4.11. The second kappa shape index (κ2) is 6.35. The molecule has 6 nitrogen and oxygen atoms in total. The molecule has 6 heteroatoms. The standard InChI is InChI=1S/C14H22N2O4/c1-2-3-9-20-10-8-16-12(18)14(6-4-5-7-14)11(17)15-13(16)19/h2-10H2,1H3,(H,15,17,19). The van der Waals surface area contributed by atoms with E-state index in [1.165, 1.54) is 0 Å². The van der Waals surface area contributed by atoms with Gasteiger partial charge in [-0.25, -0.2) is 4.79 Å². The molecule has 4 amide bonds. The monoisotopic (exact) mass is 282 g/mol. The van der Waals surface area contributed by atoms with Crippen LogP contribution in [-0.2, 0) is 14.3 Å². The number of nitrogens with one attached hydrogen (secondary N) is 1. The molecule has 0 aromatic carbocycles. The zero-order chi connectivity index (χ0) is 14.6. The molecule has 112 valence electrons. The number of hydrogen-bond acceptors (Lipinski definition) is 4. The number of hydrogen-bond donors (Lipinski definition) is 1. The third kappa shape index (κ3) is 2.70. The SMILES string of the molecule is CCCCOCCN1C(=O)NC(=O)C2(CCCC2)C1=O. The van der Waals surface area contributed by atoms with E-state index in [0.717, 1.165) is 30.6 Å². The van der Waals surface area contributed by atoms with E-state index >= 15 is 0 Å². The lowest BCUT2D eigenvalue weighted by Crippen LogP contribution is -2.63. The van der Waals surface area contributed by atoms with Crippen molar-refractivity contribution in [1.82, 2.24) is 10.2 Å². The van der Waals surface area contributed by atoms with Crippen molar-refractivity contribution in [3.63, 3.8) is 0 Å². The van der Waals surface area contributed by atoms with Crippen LogP contribution < -0.4 is 5.32 Å². The summed E-state index contributed by atoms with van der Waals surface area (Å²) in [6.07, 6.45) is 4.79. The average Bonchev–Trinajstić information content (AvgIpc) is 2.91. The Morgan fingerprint density at radius 1 is 1.20 bits per heavy atom. The second-order valence-electron chi connectivity index (χ2n) is 5.47. The maximum absolute atomic E-state index is 12.5. The van der Waals surface area contributed by atoms with Gasteiger partial charge in [0.1, 0.15) is 5.41 Å². The highest BCUT2D eigenvalue weighted by Gasteiger charge is 2.54. The molecule has 2 rings (SSSR count). The molecule has 0 aromatic heterocycles. The summed E-state index contributed by atoms with van der Waals surface area (Å²) in [5.41, 5.74) is -1.00. The number of barbiturate groups is 1. The number of carbonyl (C=O) groups is 3. The molecule has 0 atom stereocenters. The first-order valence-electron chi connectivity index (χ1n) is 7.37. The summed E-state index contributed by atoms with van der Waals surface area (Å²) in [5, 5.41) is 2.32. The molecule has 1 heterocycles. The van der Waals surface area contributed by atoms with Crippen LogP contribution in [0.3, 0.4) is 0 Å². The summed E-state index contributed by atoms with van der Waals surface area (Å²) < 4.78 is 5.39. The van der Waals surface area contributed by atoms with E-state index in [2.05, 4.69) is 12.2 Å². The van der Waals surface area contributed by atoms with Gasteiger partial charge >= 0.3 is 6.03 Å². The molecule has 1 saturated heterocycles. The molecule has 0 bridgehead atoms. The number of ether oxygens (including phenoxy) is 1. The summed E-state index contributed by atoms with van der Waals surface area (Å²) in [6, 6.07) is -0.614. The first kappa shape index (κ1) is 15.0. The predicted octanol–water partition coefficient (Wildman–Crippen LogP) is 1.44. The number of imide groups is 2. The van der Waals surface area contributed by atoms with Gasteiger partial charge in [-0.1, -0.05) is 26.2 Å². The number of unbranched alkanes of at least 4 members (excludes halogenated alkanes) is 1. The summed E-state index contributed by atoms with van der Waals surface area (Å²) >= 11 is 0. The van der Waals surface area contributed by atoms with Crippen LogP contribution in [0.4, 0.5) is 4.79 Å². The van der Waals surface area contributed by atoms with Gasteiger partial charge in [0.15, 0.2) is 0 Å². The molecule has 0 unspecified atom stereocenters. The Morgan fingerprint density at radius 2 is 1.90 bits per heavy atom. The molecular formula is C14H22N2O4. The number of carbonyl (C=O) groups excluding carboxylic acids is 3. The fourth-order valence-electron chi connectivity index (χ4n) is 2.86. The lowest BCUT2D eigenvalue weighted by molar-refractivity contribution is -0.151. The molecule has 2 aliphatic rings. The Balaban J connectivity index is 1.95. The Kier molecular flexibility index (Phi) is 4.75. The van der Waals surface area contributed by atoms with Crippen molar-refractivity contribution in [3.05, 3.63) is 0 Å². The summed E-state index contributed by atoms with van der Waals surface area (Å²) in [4.78, 5) is 37.4. The minimum Gasteiger partial charge on any atom is -0.380 e. The van der Waals surface area contributed by atoms with Gasteiger partial charge in [-0.2, -0.15) is 0 Å². The molecule has 1 aliphatic heterocycles. The third-order valence-electron chi connectivity index (χ3n) is 4.11. The number of rotatable bonds is 6. The van der Waals surface area contributed by atoms with Crippen molar-refractivity contribution < 1.29 is 19.1 Å². The summed E-state index contributed by atoms with van der Waals surface area (Å²) in [7, 11) is 0. The van der Waals surface area contributed by atoms with Crippen LogP contribution in [0, 0.1) is 5.41 Å². The maximum atomic E-state index is 12.5. The van der Waals surface area contributed by atoms with E-state index < -0.39 is 17.4 Å². The van der Waals surface area contributed by atoms with E-state index in [1.54, 1.807) is 0 Å². The van der Waals surface area contributed by atoms with E-state index in [-0.39, 0.29) is 12.5 Å². The van der Waals surface area contributed by atoms with Gasteiger partial charge in [-0.05, 0) is 19.3 Å². The Hall–Kier alpha value is -1.43. The van der Waals surface area contributed by atoms with E-state index in [0.29, 0.717) is 26.1 Å². The van der Waals surface area contributed by atoms with Crippen molar-refractivity contribution in [3.8, 4) is 0 Å². The Bertz CT molecular complexity index is 402. The predicted molar refractivity (Wildman–Crippen MR) is 71.9 cm³/mol. The minimum absolute atomic E-state index is 0.212. The Labute approximate surface area is 118 Å². The minimum atomic E-state index is -1.00. The van der Waals surface area contributed by atoms with Crippen LogP contribution in [0.25, 0.3) is 0 Å². The normalized spacial score (nSPS) is 21.6. The van der Waals surface area contributed by atoms with Crippen molar-refractivity contribution >= 4 is 17.8 Å². The van der Waals surface area contributed by atoms with Crippen molar-refractivity contribution in [2.45, 2.75) is 45.4 Å². The molecule has 0 radical (unpaired) electrons. The molecular weight excluding hydrogens is 260 g/mol. The summed E-state index contributed by atoms with van der Waals surface area (Å²) in [6.45, 7) is 3.23. The lowest BCUT2D eigenvalue weighted by Gasteiger charge is -2.36. The van der Waals surface area contributed by atoms with Crippen LogP contribution in [0.2, 0.25) is 0 Å². The first-order chi connectivity index (χ1) is 9.62. The van der Waals surface area contributed by atoms with Gasteiger partial charge in [0.25, 0.3) is 0 Å². The first-order valence-corrected chi connectivity index (χ1v) is 7.37. The largest absolute Gasteiger partial charge is 0.380 e. The second-order valence-corrected chi connectivity index (χ2v) is 5.47. The van der Waals surface area contributed by atoms with E-state index in [9.17, 15) is 14.4 Å². The quantitative estimate of drug-likeness (QED) is 0.591. The average molecular weight is 282 g/mol. The number of amides is 4. The maximum Gasteiger partial charge on any atom is 0.330 e. The smallest absolute Gasteiger partial charge is 0.330 e. The highest BCUT2D eigenvalue weighted by atomic mass is 16.5. The zero-order valence-corrected chi connectivity index (χ0v) is 11.9. The highest BCUT2D eigenvalue weighted by molar-refractivity contribution is 6.19. The number of urea groups is 1. The van der Waals surface area contributed by atoms with Gasteiger partial charge in [-0.15, -0.1) is 0 Å². The van der Waals surface area contributed by atoms with Gasteiger partial charge in [0.2, 0.25) is 11.8 Å². The van der Waals surface area contributed by atoms with Crippen LogP contribution in [0.15, 0.2) is 0 Å². The zero-order valence-electron chi connectivity index (χ0n) is 11.9. The van der Waals surface area contributed by atoms with Gasteiger partial charge < -0.3 is 4.74 Å². The summed E-state index contributed by atoms with van der Waals surface area (Å²) in [5.74, 6) is -0.768. The van der Waals surface area contributed by atoms with Crippen LogP contribution in [-0.4, -0.2) is 42.5 Å². The molecule has 20 heavy (non-hydrogen) atoms. The van der Waals surface area contributed by atoms with Gasteiger partial charge in [0.05, 0.1) is 13.2 Å². The van der Waals surface area contributed by atoms with E-state index in [4.69, 9.17) is 4.74 Å². The molecule has 1 N–H and O–H groups in total. The van der Waals surface area contributed by atoms with Crippen molar-refractivity contribution in [2.24, 2.45) is 5.41 Å². The lowest BCUT2D eigenvalue weighted by atomic mass is 9.82. The van der Waals surface area contributed by atoms with Gasteiger partial charge in [0, 0.05) is 6.61 Å². The molecule has 1 aliphatic carbocycles. The van der Waals surface area contributed by atoms with Crippen LogP contribution in [0.1, 0.15) is 45.4 Å². The highest BCUT2D eigenvalue weighted by Crippen LogP contribution is 2.41. The number of nitrogens with zero attached hydrogens (tertiary/aromatic N) is 1. The van der Waals surface area contributed by atoms with Gasteiger partial charge in [-0.3, -0.25) is 19.8 Å². The topological polar surface area (TPSA) is 75.7 Å². The Morgan fingerprint density at radius 3 is 2.55 bits per heavy atom. The molecule has 1 saturated carbocycles. The molecule has 2 fully saturated rings.